The number of hydrogen-bond donors (Lipinski definition) is 1. The molecule has 1 aliphatic heterocycles. The lowest BCUT2D eigenvalue weighted by atomic mass is 10.1. The van der Waals surface area contributed by atoms with Crippen LogP contribution in [0, 0.1) is 5.92 Å². The van der Waals surface area contributed by atoms with E-state index in [4.69, 9.17) is 9.47 Å². The van der Waals surface area contributed by atoms with Gasteiger partial charge < -0.3 is 19.7 Å². The molecule has 1 aliphatic rings. The molecule has 2 amide bonds. The Morgan fingerprint density at radius 1 is 1.19 bits per heavy atom. The van der Waals surface area contributed by atoms with Crippen molar-refractivity contribution in [3.05, 3.63) is 53.5 Å². The predicted molar refractivity (Wildman–Crippen MR) is 125 cm³/mol. The highest BCUT2D eigenvalue weighted by Gasteiger charge is 2.36. The highest BCUT2D eigenvalue weighted by Crippen LogP contribution is 2.36. The Hall–Kier alpha value is -3.11. The zero-order valence-electron chi connectivity index (χ0n) is 17.6. The summed E-state index contributed by atoms with van der Waals surface area (Å²) < 4.78 is 10.7. The van der Waals surface area contributed by atoms with Gasteiger partial charge in [-0.2, -0.15) is 0 Å². The summed E-state index contributed by atoms with van der Waals surface area (Å²) in [4.78, 5) is 28.2. The predicted octanol–water partition coefficient (Wildman–Crippen LogP) is 3.84. The second kappa shape index (κ2) is 10.0. The number of carbonyl (C=O) groups excluding carboxylic acids is 2. The van der Waals surface area contributed by atoms with Gasteiger partial charge in [-0.3, -0.25) is 9.59 Å². The molecule has 0 bridgehead atoms. The van der Waals surface area contributed by atoms with E-state index in [0.29, 0.717) is 28.1 Å². The summed E-state index contributed by atoms with van der Waals surface area (Å²) in [7, 11) is 3.10. The fraction of sp³-hybridized carbons (Fsp3) is 0.273. The molecule has 0 aliphatic carbocycles. The summed E-state index contributed by atoms with van der Waals surface area (Å²) in [5.41, 5.74) is 0.586. The summed E-state index contributed by atoms with van der Waals surface area (Å²) in [5, 5.41) is 12.3. The number of ether oxygens (including phenoxy) is 2. The monoisotopic (exact) mass is 470 g/mol. The lowest BCUT2D eigenvalue weighted by Crippen LogP contribution is -2.28. The minimum atomic E-state index is -0.496. The number of thioether (sulfide) groups is 1. The molecule has 4 rings (SSSR count). The molecule has 1 aromatic heterocycles. The van der Waals surface area contributed by atoms with Gasteiger partial charge in [0.15, 0.2) is 0 Å². The highest BCUT2D eigenvalue weighted by molar-refractivity contribution is 7.98. The molecule has 2 aromatic carbocycles. The summed E-state index contributed by atoms with van der Waals surface area (Å²) in [6.45, 7) is 0.254. The normalized spacial score (nSPS) is 15.6. The van der Waals surface area contributed by atoms with Gasteiger partial charge in [0.25, 0.3) is 0 Å². The number of carbonyl (C=O) groups is 2. The van der Waals surface area contributed by atoms with Gasteiger partial charge >= 0.3 is 0 Å². The number of aromatic nitrogens is 2. The summed E-state index contributed by atoms with van der Waals surface area (Å²) in [6.07, 6.45) is 0.113. The van der Waals surface area contributed by atoms with Gasteiger partial charge in [-0.15, -0.1) is 22.0 Å². The summed E-state index contributed by atoms with van der Waals surface area (Å²) >= 11 is 3.00. The smallest absolute Gasteiger partial charge is 0.231 e. The first-order valence-electron chi connectivity index (χ1n) is 9.91. The maximum Gasteiger partial charge on any atom is 0.231 e. The van der Waals surface area contributed by atoms with Gasteiger partial charge in [0.2, 0.25) is 16.9 Å². The molecule has 8 nitrogen and oxygen atoms in total. The van der Waals surface area contributed by atoms with Crippen molar-refractivity contribution in [1.82, 2.24) is 10.2 Å². The van der Waals surface area contributed by atoms with Crippen LogP contribution in [-0.2, 0) is 15.3 Å². The van der Waals surface area contributed by atoms with Crippen LogP contribution < -0.4 is 19.7 Å². The van der Waals surface area contributed by atoms with E-state index in [2.05, 4.69) is 15.5 Å². The number of nitrogens with zero attached hydrogens (tertiary/aromatic N) is 3. The minimum Gasteiger partial charge on any atom is -0.497 e. The van der Waals surface area contributed by atoms with Crippen LogP contribution in [-0.4, -0.2) is 42.8 Å². The van der Waals surface area contributed by atoms with Gasteiger partial charge in [0.05, 0.1) is 31.6 Å². The molecule has 1 fully saturated rings. The number of hydrogen-bond acceptors (Lipinski definition) is 8. The number of rotatable bonds is 8. The van der Waals surface area contributed by atoms with Crippen LogP contribution >= 0.6 is 23.1 Å². The molecule has 0 radical (unpaired) electrons. The number of methoxy groups -OCH3 is 2. The van der Waals surface area contributed by atoms with Crippen LogP contribution in [0.1, 0.15) is 11.4 Å². The van der Waals surface area contributed by atoms with Crippen LogP contribution in [0.2, 0.25) is 0 Å². The number of anilines is 2. The SMILES string of the molecule is COc1ccc(OC)c(N2CC(C(=O)Nc3nnc(CSc4ccccc4)s3)CC2=O)c1. The standard InChI is InChI=1S/C22H22N4O4S2/c1-29-15-8-9-18(30-2)17(11-15)26-12-14(10-20(26)27)21(28)23-22-25-24-19(32-22)13-31-16-6-4-3-5-7-16/h3-9,11,14H,10,12-13H2,1-2H3,(H,23,25,28). The van der Waals surface area contributed by atoms with Gasteiger partial charge in [-0.1, -0.05) is 29.5 Å². The topological polar surface area (TPSA) is 93.7 Å². The lowest BCUT2D eigenvalue weighted by molar-refractivity contribution is -0.122. The van der Waals surface area contributed by atoms with E-state index in [0.717, 1.165) is 9.90 Å². The molecular formula is C22H22N4O4S2. The van der Waals surface area contributed by atoms with Crippen molar-refractivity contribution >= 4 is 45.7 Å². The van der Waals surface area contributed by atoms with E-state index in [9.17, 15) is 9.59 Å². The van der Waals surface area contributed by atoms with Gasteiger partial charge in [0, 0.05) is 23.9 Å². The Morgan fingerprint density at radius 2 is 2.00 bits per heavy atom. The van der Waals surface area contributed by atoms with Crippen molar-refractivity contribution < 1.29 is 19.1 Å². The maximum absolute atomic E-state index is 12.8. The zero-order chi connectivity index (χ0) is 22.5. The third kappa shape index (κ3) is 5.03. The van der Waals surface area contributed by atoms with E-state index >= 15 is 0 Å². The van der Waals surface area contributed by atoms with Crippen molar-refractivity contribution in [2.24, 2.45) is 5.92 Å². The largest absolute Gasteiger partial charge is 0.497 e. The van der Waals surface area contributed by atoms with Crippen LogP contribution in [0.4, 0.5) is 10.8 Å². The van der Waals surface area contributed by atoms with Crippen molar-refractivity contribution in [3.63, 3.8) is 0 Å². The van der Waals surface area contributed by atoms with E-state index in [1.165, 1.54) is 11.3 Å². The van der Waals surface area contributed by atoms with Crippen LogP contribution in [0.3, 0.4) is 0 Å². The zero-order valence-corrected chi connectivity index (χ0v) is 19.2. The fourth-order valence-corrected chi connectivity index (χ4v) is 5.00. The van der Waals surface area contributed by atoms with E-state index in [1.807, 2.05) is 30.3 Å². The Morgan fingerprint density at radius 3 is 2.75 bits per heavy atom. The van der Waals surface area contributed by atoms with Crippen molar-refractivity contribution in [1.29, 1.82) is 0 Å². The third-order valence-electron chi connectivity index (χ3n) is 4.98. The van der Waals surface area contributed by atoms with Gasteiger partial charge in [0.1, 0.15) is 16.5 Å². The second-order valence-electron chi connectivity index (χ2n) is 7.04. The van der Waals surface area contributed by atoms with Crippen LogP contribution in [0.25, 0.3) is 0 Å². The first-order valence-corrected chi connectivity index (χ1v) is 11.7. The molecular weight excluding hydrogens is 448 g/mol. The Labute approximate surface area is 193 Å². The minimum absolute atomic E-state index is 0.113. The summed E-state index contributed by atoms with van der Waals surface area (Å²) in [6, 6.07) is 15.3. The summed E-state index contributed by atoms with van der Waals surface area (Å²) in [5.74, 6) is 0.934. The quantitative estimate of drug-likeness (QED) is 0.500. The maximum atomic E-state index is 12.8. The van der Waals surface area contributed by atoms with Gasteiger partial charge in [-0.25, -0.2) is 0 Å². The van der Waals surface area contributed by atoms with E-state index in [-0.39, 0.29) is 24.8 Å². The molecule has 1 atom stereocenters. The Balaban J connectivity index is 1.38. The molecule has 0 saturated carbocycles. The fourth-order valence-electron chi connectivity index (χ4n) is 3.36. The molecule has 166 valence electrons. The molecule has 1 N–H and O–H groups in total. The second-order valence-corrected chi connectivity index (χ2v) is 9.15. The first-order chi connectivity index (χ1) is 15.6. The molecule has 2 heterocycles. The number of nitrogens with one attached hydrogen (secondary N) is 1. The van der Waals surface area contributed by atoms with Crippen molar-refractivity contribution in [2.45, 2.75) is 17.1 Å². The van der Waals surface area contributed by atoms with Crippen LogP contribution in [0.5, 0.6) is 11.5 Å². The van der Waals surface area contributed by atoms with Crippen molar-refractivity contribution in [2.75, 3.05) is 31.0 Å². The van der Waals surface area contributed by atoms with Crippen LogP contribution in [0.15, 0.2) is 53.4 Å². The van der Waals surface area contributed by atoms with Gasteiger partial charge in [-0.05, 0) is 24.3 Å². The lowest BCUT2D eigenvalue weighted by Gasteiger charge is -2.20. The number of benzene rings is 2. The molecule has 3 aromatic rings. The van der Waals surface area contributed by atoms with E-state index < -0.39 is 5.92 Å². The van der Waals surface area contributed by atoms with E-state index in [1.54, 1.807) is 49.1 Å². The molecule has 32 heavy (non-hydrogen) atoms. The average molecular weight is 471 g/mol. The number of amides is 2. The highest BCUT2D eigenvalue weighted by atomic mass is 32.2. The molecule has 1 unspecified atom stereocenters. The van der Waals surface area contributed by atoms with Crippen molar-refractivity contribution in [3.8, 4) is 11.5 Å². The molecule has 0 spiro atoms. The third-order valence-corrected chi connectivity index (χ3v) is 7.02. The Bertz CT molecular complexity index is 1110. The average Bonchev–Trinajstić information content (AvgIpc) is 3.44. The Kier molecular flexibility index (Phi) is 6.91. The molecule has 1 saturated heterocycles. The first kappa shape index (κ1) is 22.1. The molecule has 10 heteroatoms.